The number of rotatable bonds is 9. The van der Waals surface area contributed by atoms with Crippen LogP contribution in [0.3, 0.4) is 0 Å². The monoisotopic (exact) mass is 566 g/mol. The summed E-state index contributed by atoms with van der Waals surface area (Å²) >= 11 is 17.8. The first kappa shape index (κ1) is 28.6. The molecule has 0 aliphatic rings. The zero-order valence-corrected chi connectivity index (χ0v) is 22.9. The van der Waals surface area contributed by atoms with Gasteiger partial charge in [0.05, 0.1) is 0 Å². The summed E-state index contributed by atoms with van der Waals surface area (Å²) in [5.41, 5.74) is 1.04. The van der Waals surface area contributed by atoms with E-state index in [0.717, 1.165) is 22.0 Å². The van der Waals surface area contributed by atoms with Crippen molar-refractivity contribution in [2.75, 3.05) is 7.05 Å². The molecule has 0 fully saturated rings. The van der Waals surface area contributed by atoms with E-state index in [9.17, 15) is 14.4 Å². The van der Waals surface area contributed by atoms with Crippen LogP contribution in [0.25, 0.3) is 10.9 Å². The molecular formula is C26H29Cl3N4O4. The molecule has 0 unspecified atom stereocenters. The topological polar surface area (TPSA) is 112 Å². The van der Waals surface area contributed by atoms with Crippen molar-refractivity contribution in [3.8, 4) is 0 Å². The number of aromatic nitrogens is 1. The Morgan fingerprint density at radius 3 is 2.16 bits per heavy atom. The summed E-state index contributed by atoms with van der Waals surface area (Å²) in [6.45, 7) is 2.88. The number of hydrogen-bond acceptors (Lipinski definition) is 4. The SMILES string of the molecule is CNC(=O)[C@H](Cc1ccccc1)NC(=O)[C@H](Cc1c[nH]c2ccccc12)NC(=O)OC(C)(C)C(Cl)(Cl)Cl. The fraction of sp³-hybridized carbons (Fsp3) is 0.346. The number of likely N-dealkylation sites (N-methyl/N-ethyl adjacent to an activating group) is 1. The molecule has 37 heavy (non-hydrogen) atoms. The largest absolute Gasteiger partial charge is 0.439 e. The van der Waals surface area contributed by atoms with Crippen LogP contribution in [-0.4, -0.2) is 51.4 Å². The summed E-state index contributed by atoms with van der Waals surface area (Å²) in [6.07, 6.45) is 1.20. The van der Waals surface area contributed by atoms with E-state index in [1.165, 1.54) is 20.9 Å². The highest BCUT2D eigenvalue weighted by Gasteiger charge is 2.44. The highest BCUT2D eigenvalue weighted by molar-refractivity contribution is 6.68. The molecule has 2 aromatic carbocycles. The third kappa shape index (κ3) is 7.53. The van der Waals surface area contributed by atoms with Crippen molar-refractivity contribution in [3.63, 3.8) is 0 Å². The zero-order chi connectivity index (χ0) is 27.2. The highest BCUT2D eigenvalue weighted by atomic mass is 35.6. The minimum absolute atomic E-state index is 0.116. The lowest BCUT2D eigenvalue weighted by Gasteiger charge is -2.32. The van der Waals surface area contributed by atoms with Crippen LogP contribution in [0.15, 0.2) is 60.8 Å². The maximum atomic E-state index is 13.5. The number of benzene rings is 2. The Labute approximate surface area is 230 Å². The number of fused-ring (bicyclic) bond motifs is 1. The molecule has 11 heteroatoms. The molecule has 2 atom stereocenters. The van der Waals surface area contributed by atoms with E-state index < -0.39 is 33.5 Å². The summed E-state index contributed by atoms with van der Waals surface area (Å²) in [4.78, 5) is 42.0. The van der Waals surface area contributed by atoms with Gasteiger partial charge in [-0.05, 0) is 31.0 Å². The predicted octanol–water partition coefficient (Wildman–Crippen LogP) is 4.43. The van der Waals surface area contributed by atoms with E-state index in [2.05, 4.69) is 20.9 Å². The first-order chi connectivity index (χ1) is 17.4. The third-order valence-corrected chi connectivity index (χ3v) is 7.27. The molecular weight excluding hydrogens is 539 g/mol. The number of para-hydroxylation sites is 1. The van der Waals surface area contributed by atoms with Gasteiger partial charge in [0.2, 0.25) is 15.6 Å². The van der Waals surface area contributed by atoms with Gasteiger partial charge in [0.25, 0.3) is 0 Å². The van der Waals surface area contributed by atoms with Crippen LogP contribution in [0.5, 0.6) is 0 Å². The first-order valence-corrected chi connectivity index (χ1v) is 12.7. The van der Waals surface area contributed by atoms with Gasteiger partial charge in [-0.15, -0.1) is 0 Å². The fourth-order valence-corrected chi connectivity index (χ4v) is 3.81. The van der Waals surface area contributed by atoms with Crippen LogP contribution in [0.2, 0.25) is 0 Å². The minimum Gasteiger partial charge on any atom is -0.439 e. The van der Waals surface area contributed by atoms with Gasteiger partial charge in [-0.1, -0.05) is 83.3 Å². The number of alkyl carbamates (subject to hydrolysis) is 1. The van der Waals surface area contributed by atoms with Crippen LogP contribution >= 0.6 is 34.8 Å². The molecule has 1 aromatic heterocycles. The van der Waals surface area contributed by atoms with Crippen LogP contribution in [0.4, 0.5) is 4.79 Å². The molecule has 8 nitrogen and oxygen atoms in total. The van der Waals surface area contributed by atoms with Crippen LogP contribution in [0.1, 0.15) is 25.0 Å². The van der Waals surface area contributed by atoms with E-state index in [-0.39, 0.29) is 18.7 Å². The maximum absolute atomic E-state index is 13.5. The number of alkyl halides is 3. The minimum atomic E-state index is -1.90. The normalized spacial score (nSPS) is 13.5. The number of halogens is 3. The lowest BCUT2D eigenvalue weighted by Crippen LogP contribution is -2.55. The molecule has 198 valence electrons. The van der Waals surface area contributed by atoms with Crippen molar-refractivity contribution in [2.45, 2.75) is 48.2 Å². The third-order valence-electron chi connectivity index (χ3n) is 5.90. The van der Waals surface area contributed by atoms with E-state index in [0.29, 0.717) is 0 Å². The maximum Gasteiger partial charge on any atom is 0.408 e. The molecule has 3 aromatic rings. The molecule has 1 heterocycles. The van der Waals surface area contributed by atoms with Crippen LogP contribution in [0, 0.1) is 0 Å². The highest BCUT2D eigenvalue weighted by Crippen LogP contribution is 2.40. The average molecular weight is 568 g/mol. The Morgan fingerprint density at radius 2 is 1.51 bits per heavy atom. The summed E-state index contributed by atoms with van der Waals surface area (Å²) in [6, 6.07) is 14.9. The van der Waals surface area contributed by atoms with Crippen molar-refractivity contribution in [3.05, 3.63) is 71.9 Å². The smallest absolute Gasteiger partial charge is 0.408 e. The predicted molar refractivity (Wildman–Crippen MR) is 146 cm³/mol. The second-order valence-electron chi connectivity index (χ2n) is 9.02. The molecule has 0 aliphatic heterocycles. The van der Waals surface area contributed by atoms with Gasteiger partial charge < -0.3 is 25.7 Å². The number of amides is 3. The number of hydrogen-bond donors (Lipinski definition) is 4. The second-order valence-corrected chi connectivity index (χ2v) is 11.3. The first-order valence-electron chi connectivity index (χ1n) is 11.6. The van der Waals surface area contributed by atoms with Gasteiger partial charge in [0.1, 0.15) is 12.1 Å². The molecule has 4 N–H and O–H groups in total. The van der Waals surface area contributed by atoms with Crippen molar-refractivity contribution in [1.82, 2.24) is 20.9 Å². The van der Waals surface area contributed by atoms with Crippen molar-refractivity contribution in [2.24, 2.45) is 0 Å². The fourth-order valence-electron chi connectivity index (χ4n) is 3.70. The summed E-state index contributed by atoms with van der Waals surface area (Å²) in [5.74, 6) is -0.943. The molecule has 0 bridgehead atoms. The average Bonchev–Trinajstić information content (AvgIpc) is 3.25. The molecule has 0 saturated carbocycles. The Hall–Kier alpha value is -2.94. The number of carbonyl (C=O) groups excluding carboxylic acids is 3. The van der Waals surface area contributed by atoms with Gasteiger partial charge in [-0.25, -0.2) is 4.79 Å². The van der Waals surface area contributed by atoms with Gasteiger partial charge >= 0.3 is 6.09 Å². The van der Waals surface area contributed by atoms with Crippen molar-refractivity contribution >= 4 is 63.6 Å². The summed E-state index contributed by atoms with van der Waals surface area (Å²) in [5, 5.41) is 8.81. The lowest BCUT2D eigenvalue weighted by atomic mass is 10.0. The zero-order valence-electron chi connectivity index (χ0n) is 20.6. The second kappa shape index (κ2) is 12.1. The van der Waals surface area contributed by atoms with E-state index in [4.69, 9.17) is 39.5 Å². The number of aromatic amines is 1. The Morgan fingerprint density at radius 1 is 0.892 bits per heavy atom. The molecule has 0 saturated heterocycles. The standard InChI is InChI=1S/C26H29Cl3N4O4/c1-25(2,26(27,28)29)37-24(36)33-21(14-17-15-31-19-12-8-7-11-18(17)19)23(35)32-20(22(34)30-3)13-16-9-5-4-6-10-16/h4-12,15,20-21,31H,13-14H2,1-3H3,(H,30,34)(H,32,35)(H,33,36)/t20-,21-/m0/s1. The Bertz CT molecular complexity index is 1240. The van der Waals surface area contributed by atoms with Gasteiger partial charge in [0.15, 0.2) is 5.60 Å². The molecule has 3 rings (SSSR count). The van der Waals surface area contributed by atoms with Gasteiger partial charge in [0, 0.05) is 37.0 Å². The van der Waals surface area contributed by atoms with Gasteiger partial charge in [-0.2, -0.15) is 0 Å². The van der Waals surface area contributed by atoms with Crippen molar-refractivity contribution < 1.29 is 19.1 Å². The number of ether oxygens (including phenoxy) is 1. The van der Waals surface area contributed by atoms with E-state index >= 15 is 0 Å². The van der Waals surface area contributed by atoms with Gasteiger partial charge in [-0.3, -0.25) is 9.59 Å². The van der Waals surface area contributed by atoms with Crippen molar-refractivity contribution in [1.29, 1.82) is 0 Å². The number of H-pyrrole nitrogens is 1. The molecule has 0 spiro atoms. The molecule has 0 aliphatic carbocycles. The summed E-state index contributed by atoms with van der Waals surface area (Å²) < 4.78 is 3.44. The number of carbonyl (C=O) groups is 3. The molecule has 0 radical (unpaired) electrons. The van der Waals surface area contributed by atoms with Crippen LogP contribution < -0.4 is 16.0 Å². The quantitative estimate of drug-likeness (QED) is 0.287. The molecule has 3 amide bonds. The van der Waals surface area contributed by atoms with E-state index in [1.54, 1.807) is 6.20 Å². The Kier molecular flexibility index (Phi) is 9.34. The van der Waals surface area contributed by atoms with Crippen LogP contribution in [-0.2, 0) is 27.2 Å². The Balaban J connectivity index is 1.85. The van der Waals surface area contributed by atoms with E-state index in [1.807, 2.05) is 54.6 Å². The lowest BCUT2D eigenvalue weighted by molar-refractivity contribution is -0.129. The number of nitrogens with one attached hydrogen (secondary N) is 4. The summed E-state index contributed by atoms with van der Waals surface area (Å²) in [7, 11) is 1.49.